The Labute approximate surface area is 109 Å². The zero-order valence-electron chi connectivity index (χ0n) is 10.5. The molecule has 0 amide bonds. The molecule has 100 valence electrons. The van der Waals surface area contributed by atoms with Crippen LogP contribution in [0.3, 0.4) is 0 Å². The van der Waals surface area contributed by atoms with Crippen molar-refractivity contribution in [2.45, 2.75) is 19.8 Å². The minimum absolute atomic E-state index is 0.0420. The topological polar surface area (TPSA) is 108 Å². The number of aromatic nitrogens is 2. The summed E-state index contributed by atoms with van der Waals surface area (Å²) in [5, 5.41) is 18.7. The molecule has 0 bridgehead atoms. The summed E-state index contributed by atoms with van der Waals surface area (Å²) in [6.07, 6.45) is 1.31. The fourth-order valence-corrected chi connectivity index (χ4v) is 1.70. The van der Waals surface area contributed by atoms with Gasteiger partial charge in [0.2, 0.25) is 5.89 Å². The summed E-state index contributed by atoms with van der Waals surface area (Å²) in [7, 11) is 0. The first-order valence-corrected chi connectivity index (χ1v) is 5.89. The molecule has 0 fully saturated rings. The van der Waals surface area contributed by atoms with E-state index in [0.717, 1.165) is 12.0 Å². The summed E-state index contributed by atoms with van der Waals surface area (Å²) in [4.78, 5) is 10.5. The number of rotatable bonds is 5. The van der Waals surface area contributed by atoms with E-state index in [1.807, 2.05) is 6.92 Å². The van der Waals surface area contributed by atoms with Crippen LogP contribution in [0.15, 0.2) is 22.6 Å². The van der Waals surface area contributed by atoms with Gasteiger partial charge in [0.15, 0.2) is 0 Å². The fourth-order valence-electron chi connectivity index (χ4n) is 1.70. The molecule has 2 N–H and O–H groups in total. The molecule has 0 saturated carbocycles. The van der Waals surface area contributed by atoms with E-state index >= 15 is 0 Å². The van der Waals surface area contributed by atoms with Gasteiger partial charge < -0.3 is 10.2 Å². The molecule has 7 nitrogen and oxygen atoms in total. The van der Waals surface area contributed by atoms with Crippen LogP contribution in [0.4, 0.5) is 5.69 Å². The highest BCUT2D eigenvalue weighted by molar-refractivity contribution is 5.67. The van der Waals surface area contributed by atoms with Gasteiger partial charge in [0.1, 0.15) is 5.56 Å². The SMILES string of the molecule is Cc1ccc([N+](=O)[O-])c(-c2nnc(CCCN)o2)c1. The van der Waals surface area contributed by atoms with Crippen molar-refractivity contribution in [3.63, 3.8) is 0 Å². The van der Waals surface area contributed by atoms with E-state index in [4.69, 9.17) is 10.2 Å². The minimum Gasteiger partial charge on any atom is -0.420 e. The Balaban J connectivity index is 2.37. The molecule has 0 aliphatic carbocycles. The predicted molar refractivity (Wildman–Crippen MR) is 68.5 cm³/mol. The molecule has 1 heterocycles. The van der Waals surface area contributed by atoms with Gasteiger partial charge >= 0.3 is 0 Å². The van der Waals surface area contributed by atoms with Crippen molar-refractivity contribution in [3.8, 4) is 11.5 Å². The average molecular weight is 262 g/mol. The lowest BCUT2D eigenvalue weighted by Gasteiger charge is -1.99. The molecule has 0 unspecified atom stereocenters. The van der Waals surface area contributed by atoms with Crippen molar-refractivity contribution >= 4 is 5.69 Å². The predicted octanol–water partition coefficient (Wildman–Crippen LogP) is 1.84. The van der Waals surface area contributed by atoms with Gasteiger partial charge in [-0.3, -0.25) is 10.1 Å². The number of nitrogens with zero attached hydrogens (tertiary/aromatic N) is 3. The molecule has 0 atom stereocenters. The van der Waals surface area contributed by atoms with Gasteiger partial charge in [-0.1, -0.05) is 6.07 Å². The first kappa shape index (κ1) is 13.2. The van der Waals surface area contributed by atoms with Crippen LogP contribution in [0.25, 0.3) is 11.5 Å². The van der Waals surface area contributed by atoms with Gasteiger partial charge in [0.05, 0.1) is 4.92 Å². The van der Waals surface area contributed by atoms with Gasteiger partial charge in [0, 0.05) is 12.5 Å². The quantitative estimate of drug-likeness (QED) is 0.650. The summed E-state index contributed by atoms with van der Waals surface area (Å²) in [5.41, 5.74) is 6.59. The maximum Gasteiger partial charge on any atom is 0.282 e. The van der Waals surface area contributed by atoms with Gasteiger partial charge in [-0.05, 0) is 31.5 Å². The molecule has 2 rings (SSSR count). The van der Waals surface area contributed by atoms with E-state index in [2.05, 4.69) is 10.2 Å². The molecule has 7 heteroatoms. The summed E-state index contributed by atoms with van der Waals surface area (Å²) in [6.45, 7) is 2.38. The van der Waals surface area contributed by atoms with Gasteiger partial charge in [-0.15, -0.1) is 10.2 Å². The standard InChI is InChI=1S/C12H14N4O3/c1-8-4-5-10(16(17)18)9(7-8)12-15-14-11(19-12)3-2-6-13/h4-5,7H,2-3,6,13H2,1H3. The highest BCUT2D eigenvalue weighted by atomic mass is 16.6. The maximum absolute atomic E-state index is 11.0. The van der Waals surface area contributed by atoms with Crippen molar-refractivity contribution in [3.05, 3.63) is 39.8 Å². The number of nitro benzene ring substituents is 1. The molecular formula is C12H14N4O3. The molecule has 0 spiro atoms. The Bertz CT molecular complexity index is 594. The van der Waals surface area contributed by atoms with E-state index in [9.17, 15) is 10.1 Å². The second-order valence-corrected chi connectivity index (χ2v) is 4.17. The van der Waals surface area contributed by atoms with Crippen LogP contribution in [0.5, 0.6) is 0 Å². The van der Waals surface area contributed by atoms with Crippen molar-refractivity contribution in [1.82, 2.24) is 10.2 Å². The Kier molecular flexibility index (Phi) is 3.86. The Morgan fingerprint density at radius 2 is 2.21 bits per heavy atom. The van der Waals surface area contributed by atoms with Crippen LogP contribution in [-0.4, -0.2) is 21.7 Å². The van der Waals surface area contributed by atoms with Crippen molar-refractivity contribution < 1.29 is 9.34 Å². The van der Waals surface area contributed by atoms with E-state index in [-0.39, 0.29) is 11.6 Å². The van der Waals surface area contributed by atoms with Crippen LogP contribution in [-0.2, 0) is 6.42 Å². The first-order chi connectivity index (χ1) is 9.11. The van der Waals surface area contributed by atoms with Crippen molar-refractivity contribution in [2.24, 2.45) is 5.73 Å². The van der Waals surface area contributed by atoms with Crippen LogP contribution in [0, 0.1) is 17.0 Å². The summed E-state index contributed by atoms with van der Waals surface area (Å²) in [5.74, 6) is 0.610. The average Bonchev–Trinajstić information content (AvgIpc) is 2.84. The Morgan fingerprint density at radius 3 is 2.89 bits per heavy atom. The molecule has 19 heavy (non-hydrogen) atoms. The number of aryl methyl sites for hydroxylation is 2. The van der Waals surface area contributed by atoms with Crippen LogP contribution < -0.4 is 5.73 Å². The van der Waals surface area contributed by atoms with Crippen molar-refractivity contribution in [1.29, 1.82) is 0 Å². The Hall–Kier alpha value is -2.28. The van der Waals surface area contributed by atoms with Crippen LogP contribution in [0.2, 0.25) is 0 Å². The number of hydrogen-bond acceptors (Lipinski definition) is 6. The lowest BCUT2D eigenvalue weighted by molar-refractivity contribution is -0.384. The maximum atomic E-state index is 11.0. The molecule has 1 aromatic carbocycles. The molecule has 0 radical (unpaired) electrons. The van der Waals surface area contributed by atoms with E-state index in [1.54, 1.807) is 12.1 Å². The number of nitrogens with two attached hydrogens (primary N) is 1. The monoisotopic (exact) mass is 262 g/mol. The lowest BCUT2D eigenvalue weighted by atomic mass is 10.1. The van der Waals surface area contributed by atoms with E-state index in [1.165, 1.54) is 6.07 Å². The molecule has 0 saturated heterocycles. The molecule has 1 aromatic heterocycles. The summed E-state index contributed by atoms with van der Waals surface area (Å²) >= 11 is 0. The normalized spacial score (nSPS) is 10.6. The largest absolute Gasteiger partial charge is 0.420 e. The second kappa shape index (κ2) is 5.57. The number of nitro groups is 1. The molecular weight excluding hydrogens is 248 g/mol. The Morgan fingerprint density at radius 1 is 1.42 bits per heavy atom. The number of benzene rings is 1. The fraction of sp³-hybridized carbons (Fsp3) is 0.333. The molecule has 0 aliphatic heterocycles. The summed E-state index contributed by atoms with van der Waals surface area (Å²) in [6, 6.07) is 4.78. The number of hydrogen-bond donors (Lipinski definition) is 1. The third-order valence-corrected chi connectivity index (χ3v) is 2.64. The van der Waals surface area contributed by atoms with Gasteiger partial charge in [0.25, 0.3) is 11.6 Å². The zero-order valence-corrected chi connectivity index (χ0v) is 10.5. The van der Waals surface area contributed by atoms with Gasteiger partial charge in [-0.2, -0.15) is 0 Å². The molecule has 0 aliphatic rings. The summed E-state index contributed by atoms with van der Waals surface area (Å²) < 4.78 is 5.44. The van der Waals surface area contributed by atoms with Crippen molar-refractivity contribution in [2.75, 3.05) is 6.54 Å². The van der Waals surface area contributed by atoms with E-state index in [0.29, 0.717) is 24.4 Å². The molecule has 2 aromatic rings. The third kappa shape index (κ3) is 2.94. The minimum atomic E-state index is -0.460. The first-order valence-electron chi connectivity index (χ1n) is 5.89. The third-order valence-electron chi connectivity index (χ3n) is 2.64. The van der Waals surface area contributed by atoms with Crippen LogP contribution in [0.1, 0.15) is 17.9 Å². The lowest BCUT2D eigenvalue weighted by Crippen LogP contribution is -2.00. The van der Waals surface area contributed by atoms with Crippen LogP contribution >= 0.6 is 0 Å². The second-order valence-electron chi connectivity index (χ2n) is 4.17. The highest BCUT2D eigenvalue weighted by Gasteiger charge is 2.20. The highest BCUT2D eigenvalue weighted by Crippen LogP contribution is 2.29. The van der Waals surface area contributed by atoms with Gasteiger partial charge in [-0.25, -0.2) is 0 Å². The zero-order chi connectivity index (χ0) is 13.8. The smallest absolute Gasteiger partial charge is 0.282 e. The van der Waals surface area contributed by atoms with E-state index < -0.39 is 4.92 Å².